The SMILES string of the molecule is COc1cccc(C2/C(=C(\O)c3cc(OC)ccc3Cl)C(=O)C(=O)N2CCCN(C)C)c1. The predicted molar refractivity (Wildman–Crippen MR) is 123 cm³/mol. The minimum atomic E-state index is -0.769. The van der Waals surface area contributed by atoms with Crippen molar-refractivity contribution < 1.29 is 24.2 Å². The first-order valence-electron chi connectivity index (χ1n) is 10.2. The zero-order valence-corrected chi connectivity index (χ0v) is 19.3. The van der Waals surface area contributed by atoms with E-state index in [-0.39, 0.29) is 21.9 Å². The number of halogens is 1. The van der Waals surface area contributed by atoms with Crippen molar-refractivity contribution in [2.75, 3.05) is 41.4 Å². The lowest BCUT2D eigenvalue weighted by Crippen LogP contribution is -2.32. The third-order valence-electron chi connectivity index (χ3n) is 5.38. The number of carbonyl (C=O) groups is 2. The lowest BCUT2D eigenvalue weighted by molar-refractivity contribution is -0.139. The molecule has 8 heteroatoms. The molecule has 3 rings (SSSR count). The molecule has 1 atom stereocenters. The molecule has 1 saturated heterocycles. The maximum absolute atomic E-state index is 13.1. The molecule has 1 N–H and O–H groups in total. The van der Waals surface area contributed by atoms with Gasteiger partial charge in [0, 0.05) is 12.1 Å². The smallest absolute Gasteiger partial charge is 0.295 e. The van der Waals surface area contributed by atoms with Gasteiger partial charge in [-0.25, -0.2) is 0 Å². The van der Waals surface area contributed by atoms with Crippen LogP contribution in [0.15, 0.2) is 48.0 Å². The van der Waals surface area contributed by atoms with Crippen LogP contribution in [0.3, 0.4) is 0 Å². The fraction of sp³-hybridized carbons (Fsp3) is 0.333. The molecular weight excluding hydrogens is 432 g/mol. The van der Waals surface area contributed by atoms with E-state index in [1.165, 1.54) is 12.0 Å². The number of nitrogens with zero attached hydrogens (tertiary/aromatic N) is 2. The molecule has 7 nitrogen and oxygen atoms in total. The van der Waals surface area contributed by atoms with Crippen LogP contribution in [-0.4, -0.2) is 68.0 Å². The molecule has 2 aromatic carbocycles. The van der Waals surface area contributed by atoms with Gasteiger partial charge < -0.3 is 24.4 Å². The fourth-order valence-corrected chi connectivity index (χ4v) is 3.99. The van der Waals surface area contributed by atoms with Crippen LogP contribution in [0, 0.1) is 0 Å². The van der Waals surface area contributed by atoms with Crippen LogP contribution >= 0.6 is 11.6 Å². The minimum Gasteiger partial charge on any atom is -0.507 e. The Morgan fingerprint density at radius 1 is 1.09 bits per heavy atom. The number of methoxy groups -OCH3 is 2. The normalized spacial score (nSPS) is 17.8. The number of amides is 1. The van der Waals surface area contributed by atoms with Crippen molar-refractivity contribution in [3.05, 3.63) is 64.2 Å². The number of likely N-dealkylation sites (tertiary alicyclic amines) is 1. The fourth-order valence-electron chi connectivity index (χ4n) is 3.78. The monoisotopic (exact) mass is 458 g/mol. The molecule has 1 amide bonds. The number of hydrogen-bond donors (Lipinski definition) is 1. The van der Waals surface area contributed by atoms with Crippen LogP contribution < -0.4 is 9.47 Å². The van der Waals surface area contributed by atoms with Gasteiger partial charge >= 0.3 is 0 Å². The third kappa shape index (κ3) is 4.74. The van der Waals surface area contributed by atoms with Gasteiger partial charge in [0.15, 0.2) is 0 Å². The van der Waals surface area contributed by atoms with Crippen molar-refractivity contribution in [3.8, 4) is 11.5 Å². The number of Topliss-reactive ketones (excluding diaryl/α,β-unsaturated/α-hetero) is 1. The number of aliphatic hydroxyl groups is 1. The van der Waals surface area contributed by atoms with E-state index in [1.54, 1.807) is 49.6 Å². The molecule has 32 heavy (non-hydrogen) atoms. The van der Waals surface area contributed by atoms with E-state index in [0.29, 0.717) is 30.0 Å². The Morgan fingerprint density at radius 2 is 1.78 bits per heavy atom. The summed E-state index contributed by atoms with van der Waals surface area (Å²) in [6, 6.07) is 11.1. The first-order chi connectivity index (χ1) is 15.3. The molecule has 0 saturated carbocycles. The summed E-state index contributed by atoms with van der Waals surface area (Å²) in [7, 11) is 6.92. The van der Waals surface area contributed by atoms with Crippen LogP contribution in [-0.2, 0) is 9.59 Å². The van der Waals surface area contributed by atoms with E-state index >= 15 is 0 Å². The van der Waals surface area contributed by atoms with Gasteiger partial charge in [-0.05, 0) is 63.0 Å². The number of ketones is 1. The lowest BCUT2D eigenvalue weighted by Gasteiger charge is -2.26. The van der Waals surface area contributed by atoms with Crippen LogP contribution in [0.4, 0.5) is 0 Å². The van der Waals surface area contributed by atoms with Crippen molar-refractivity contribution in [3.63, 3.8) is 0 Å². The highest BCUT2D eigenvalue weighted by atomic mass is 35.5. The number of benzene rings is 2. The molecule has 0 bridgehead atoms. The average molecular weight is 459 g/mol. The molecule has 0 spiro atoms. The first-order valence-corrected chi connectivity index (χ1v) is 10.6. The van der Waals surface area contributed by atoms with Crippen molar-refractivity contribution in [2.45, 2.75) is 12.5 Å². The van der Waals surface area contributed by atoms with Gasteiger partial charge in [-0.15, -0.1) is 0 Å². The van der Waals surface area contributed by atoms with Crippen molar-refractivity contribution in [2.24, 2.45) is 0 Å². The topological polar surface area (TPSA) is 79.3 Å². The Labute approximate surface area is 192 Å². The van der Waals surface area contributed by atoms with Crippen LogP contribution in [0.25, 0.3) is 5.76 Å². The summed E-state index contributed by atoms with van der Waals surface area (Å²) < 4.78 is 10.6. The summed E-state index contributed by atoms with van der Waals surface area (Å²) in [5, 5.41) is 11.4. The van der Waals surface area contributed by atoms with Gasteiger partial charge in [-0.1, -0.05) is 23.7 Å². The zero-order valence-electron chi connectivity index (χ0n) is 18.6. The lowest BCUT2D eigenvalue weighted by atomic mass is 9.95. The van der Waals surface area contributed by atoms with E-state index in [9.17, 15) is 14.7 Å². The second kappa shape index (κ2) is 10.1. The number of aliphatic hydroxyl groups excluding tert-OH is 1. The molecule has 170 valence electrons. The van der Waals surface area contributed by atoms with E-state index in [1.807, 2.05) is 19.0 Å². The maximum Gasteiger partial charge on any atom is 0.295 e. The maximum atomic E-state index is 13.1. The summed E-state index contributed by atoms with van der Waals surface area (Å²) in [5.74, 6) is -0.693. The van der Waals surface area contributed by atoms with Gasteiger partial charge in [0.2, 0.25) is 0 Å². The quantitative estimate of drug-likeness (QED) is 0.369. The molecule has 0 aromatic heterocycles. The van der Waals surface area contributed by atoms with E-state index in [0.717, 1.165) is 6.54 Å². The molecule has 1 heterocycles. The summed E-state index contributed by atoms with van der Waals surface area (Å²) in [4.78, 5) is 29.6. The summed E-state index contributed by atoms with van der Waals surface area (Å²) in [6.07, 6.45) is 0.667. The van der Waals surface area contributed by atoms with Gasteiger partial charge in [-0.2, -0.15) is 0 Å². The molecule has 2 aromatic rings. The molecule has 1 aliphatic rings. The van der Waals surface area contributed by atoms with Gasteiger partial charge in [0.05, 0.1) is 30.9 Å². The summed E-state index contributed by atoms with van der Waals surface area (Å²) in [6.45, 7) is 1.10. The second-order valence-corrected chi connectivity index (χ2v) is 8.18. The zero-order chi connectivity index (χ0) is 23.4. The number of carbonyl (C=O) groups excluding carboxylic acids is 2. The molecule has 1 fully saturated rings. The van der Waals surface area contributed by atoms with Gasteiger partial charge in [0.1, 0.15) is 17.3 Å². The number of ether oxygens (including phenoxy) is 2. The summed E-state index contributed by atoms with van der Waals surface area (Å²) >= 11 is 6.32. The summed E-state index contributed by atoms with van der Waals surface area (Å²) in [5.41, 5.74) is 0.877. The predicted octanol–water partition coefficient (Wildman–Crippen LogP) is 3.73. The van der Waals surface area contributed by atoms with E-state index < -0.39 is 17.7 Å². The largest absolute Gasteiger partial charge is 0.507 e. The highest BCUT2D eigenvalue weighted by molar-refractivity contribution is 6.47. The Balaban J connectivity index is 2.16. The number of hydrogen-bond acceptors (Lipinski definition) is 6. The Kier molecular flexibility index (Phi) is 7.43. The van der Waals surface area contributed by atoms with Gasteiger partial charge in [0.25, 0.3) is 11.7 Å². The van der Waals surface area contributed by atoms with Crippen molar-refractivity contribution in [1.29, 1.82) is 0 Å². The standard InChI is InChI=1S/C24H27ClN2O5/c1-26(2)11-6-12-27-21(15-7-5-8-16(13-15)31-3)20(23(29)24(27)30)22(28)18-14-17(32-4)9-10-19(18)25/h5,7-10,13-14,21,28H,6,11-12H2,1-4H3/b22-20+. The molecule has 1 aliphatic heterocycles. The molecule has 0 radical (unpaired) electrons. The number of rotatable bonds is 8. The third-order valence-corrected chi connectivity index (χ3v) is 5.71. The van der Waals surface area contributed by atoms with Crippen LogP contribution in [0.1, 0.15) is 23.6 Å². The van der Waals surface area contributed by atoms with Crippen LogP contribution in [0.5, 0.6) is 11.5 Å². The highest BCUT2D eigenvalue weighted by Gasteiger charge is 2.46. The molecule has 1 unspecified atom stereocenters. The van der Waals surface area contributed by atoms with Crippen molar-refractivity contribution in [1.82, 2.24) is 9.80 Å². The minimum absolute atomic E-state index is 0.0109. The van der Waals surface area contributed by atoms with Gasteiger partial charge in [-0.3, -0.25) is 9.59 Å². The Morgan fingerprint density at radius 3 is 2.44 bits per heavy atom. The van der Waals surface area contributed by atoms with E-state index in [2.05, 4.69) is 0 Å². The Hall–Kier alpha value is -3.03. The van der Waals surface area contributed by atoms with Crippen molar-refractivity contribution >= 4 is 29.1 Å². The average Bonchev–Trinajstić information content (AvgIpc) is 3.03. The Bertz CT molecular complexity index is 1050. The van der Waals surface area contributed by atoms with E-state index in [4.69, 9.17) is 21.1 Å². The highest BCUT2D eigenvalue weighted by Crippen LogP contribution is 2.41. The molecular formula is C24H27ClN2O5. The molecule has 0 aliphatic carbocycles. The second-order valence-electron chi connectivity index (χ2n) is 7.77. The first kappa shape index (κ1) is 23.6. The van der Waals surface area contributed by atoms with Crippen LogP contribution in [0.2, 0.25) is 5.02 Å².